The van der Waals surface area contributed by atoms with Crippen LogP contribution in [0.1, 0.15) is 26.3 Å². The number of benzene rings is 2. The van der Waals surface area contributed by atoms with Crippen molar-refractivity contribution in [1.82, 2.24) is 4.98 Å². The maximum Gasteiger partial charge on any atom is 0.337 e. The van der Waals surface area contributed by atoms with Crippen molar-refractivity contribution >= 4 is 29.1 Å². The molecule has 1 aromatic heterocycles. The van der Waals surface area contributed by atoms with Crippen LogP contribution >= 0.6 is 0 Å². The molecule has 0 unspecified atom stereocenters. The van der Waals surface area contributed by atoms with Gasteiger partial charge < -0.3 is 15.4 Å². The highest BCUT2D eigenvalue weighted by atomic mass is 16.5. The fourth-order valence-electron chi connectivity index (χ4n) is 2.50. The van der Waals surface area contributed by atoms with E-state index in [1.807, 2.05) is 31.2 Å². The van der Waals surface area contributed by atoms with Gasteiger partial charge in [0.25, 0.3) is 5.91 Å². The molecule has 3 aromatic rings. The van der Waals surface area contributed by atoms with E-state index in [1.165, 1.54) is 7.11 Å². The summed E-state index contributed by atoms with van der Waals surface area (Å²) < 4.78 is 4.66. The lowest BCUT2D eigenvalue weighted by atomic mass is 10.2. The number of rotatable bonds is 5. The summed E-state index contributed by atoms with van der Waals surface area (Å²) in [5, 5.41) is 6.01. The van der Waals surface area contributed by atoms with Gasteiger partial charge in [-0.05, 0) is 55.0 Å². The predicted molar refractivity (Wildman–Crippen MR) is 104 cm³/mol. The van der Waals surface area contributed by atoms with Crippen molar-refractivity contribution in [3.05, 3.63) is 83.6 Å². The lowest BCUT2D eigenvalue weighted by Crippen LogP contribution is -2.12. The summed E-state index contributed by atoms with van der Waals surface area (Å²) in [6.07, 6.45) is 1.58. The second kappa shape index (κ2) is 8.14. The van der Waals surface area contributed by atoms with Crippen molar-refractivity contribution in [1.29, 1.82) is 0 Å². The second-order valence-corrected chi connectivity index (χ2v) is 5.89. The molecule has 2 N–H and O–H groups in total. The Balaban J connectivity index is 1.72. The average Bonchev–Trinajstić information content (AvgIpc) is 2.70. The van der Waals surface area contributed by atoms with Crippen LogP contribution in [-0.4, -0.2) is 24.0 Å². The third kappa shape index (κ3) is 4.49. The minimum atomic E-state index is -0.422. The number of aryl methyl sites for hydroxylation is 1. The molecule has 6 heteroatoms. The zero-order valence-electron chi connectivity index (χ0n) is 15.0. The number of hydrogen-bond acceptors (Lipinski definition) is 5. The van der Waals surface area contributed by atoms with Gasteiger partial charge in [-0.15, -0.1) is 0 Å². The van der Waals surface area contributed by atoms with Crippen molar-refractivity contribution in [3.8, 4) is 0 Å². The van der Waals surface area contributed by atoms with E-state index >= 15 is 0 Å². The fraction of sp³-hybridized carbons (Fsp3) is 0.0952. The van der Waals surface area contributed by atoms with E-state index in [4.69, 9.17) is 0 Å². The molecule has 6 nitrogen and oxygen atoms in total. The molecule has 3 rings (SSSR count). The fourth-order valence-corrected chi connectivity index (χ4v) is 2.50. The van der Waals surface area contributed by atoms with Crippen LogP contribution < -0.4 is 10.6 Å². The molecule has 0 fully saturated rings. The third-order valence-corrected chi connectivity index (χ3v) is 3.99. The number of pyridine rings is 1. The molecule has 0 saturated heterocycles. The zero-order valence-corrected chi connectivity index (χ0v) is 15.0. The van der Waals surface area contributed by atoms with Crippen molar-refractivity contribution in [2.75, 3.05) is 17.7 Å². The molecule has 27 heavy (non-hydrogen) atoms. The van der Waals surface area contributed by atoms with Crippen LogP contribution in [0.25, 0.3) is 0 Å². The number of para-hydroxylation sites is 1. The Morgan fingerprint density at radius 3 is 2.41 bits per heavy atom. The zero-order chi connectivity index (χ0) is 19.2. The molecule has 0 aliphatic carbocycles. The van der Waals surface area contributed by atoms with Crippen LogP contribution in [-0.2, 0) is 4.74 Å². The number of anilines is 3. The lowest BCUT2D eigenvalue weighted by Gasteiger charge is -2.10. The molecule has 0 radical (unpaired) electrons. The van der Waals surface area contributed by atoms with Gasteiger partial charge in [0.2, 0.25) is 0 Å². The van der Waals surface area contributed by atoms with Gasteiger partial charge >= 0.3 is 5.97 Å². The highest BCUT2D eigenvalue weighted by molar-refractivity contribution is 6.04. The Kier molecular flexibility index (Phi) is 5.47. The summed E-state index contributed by atoms with van der Waals surface area (Å²) in [7, 11) is 1.32. The summed E-state index contributed by atoms with van der Waals surface area (Å²) in [6, 6.07) is 17.7. The molecule has 1 amide bonds. The number of aromatic nitrogens is 1. The molecule has 1 heterocycles. The minimum absolute atomic E-state index is 0.268. The second-order valence-electron chi connectivity index (χ2n) is 5.89. The predicted octanol–water partition coefficient (Wildman–Crippen LogP) is 4.17. The summed E-state index contributed by atoms with van der Waals surface area (Å²) in [4.78, 5) is 28.2. The molecular formula is C21H19N3O3. The van der Waals surface area contributed by atoms with Crippen LogP contribution in [0.4, 0.5) is 17.2 Å². The number of nitrogens with zero attached hydrogens (tertiary/aromatic N) is 1. The van der Waals surface area contributed by atoms with E-state index in [9.17, 15) is 9.59 Å². The van der Waals surface area contributed by atoms with E-state index < -0.39 is 5.97 Å². The SMILES string of the molecule is COC(=O)c1ccc(NC(=O)c2ccnc(Nc3ccccc3C)c2)cc1. The third-order valence-electron chi connectivity index (χ3n) is 3.99. The van der Waals surface area contributed by atoms with E-state index in [0.717, 1.165) is 11.3 Å². The quantitative estimate of drug-likeness (QED) is 0.667. The number of esters is 1. The van der Waals surface area contributed by atoms with Crippen LogP contribution in [0.5, 0.6) is 0 Å². The van der Waals surface area contributed by atoms with Crippen molar-refractivity contribution in [2.45, 2.75) is 6.92 Å². The van der Waals surface area contributed by atoms with E-state index in [0.29, 0.717) is 22.6 Å². The van der Waals surface area contributed by atoms with Crippen LogP contribution in [0.15, 0.2) is 66.9 Å². The molecular weight excluding hydrogens is 342 g/mol. The first-order chi connectivity index (χ1) is 13.1. The molecule has 0 aliphatic heterocycles. The molecule has 0 spiro atoms. The van der Waals surface area contributed by atoms with Crippen molar-refractivity contribution < 1.29 is 14.3 Å². The maximum atomic E-state index is 12.5. The van der Waals surface area contributed by atoms with Gasteiger partial charge in [-0.25, -0.2) is 9.78 Å². The number of ether oxygens (including phenoxy) is 1. The maximum absolute atomic E-state index is 12.5. The van der Waals surface area contributed by atoms with E-state index in [2.05, 4.69) is 20.4 Å². The standard InChI is InChI=1S/C21H19N3O3/c1-14-5-3-4-6-18(14)24-19-13-16(11-12-22-19)20(25)23-17-9-7-15(8-10-17)21(26)27-2/h3-13H,1-2H3,(H,22,24)(H,23,25). The first kappa shape index (κ1) is 18.1. The van der Waals surface area contributed by atoms with Crippen LogP contribution in [0, 0.1) is 6.92 Å². The topological polar surface area (TPSA) is 80.3 Å². The molecule has 0 aliphatic rings. The van der Waals surface area contributed by atoms with Gasteiger partial charge in [0, 0.05) is 23.1 Å². The number of hydrogen-bond donors (Lipinski definition) is 2. The van der Waals surface area contributed by atoms with Gasteiger partial charge in [0.1, 0.15) is 5.82 Å². The Bertz CT molecular complexity index is 968. The van der Waals surface area contributed by atoms with E-state index in [1.54, 1.807) is 42.6 Å². The number of carbonyl (C=O) groups excluding carboxylic acids is 2. The summed E-state index contributed by atoms with van der Waals surface area (Å²) >= 11 is 0. The van der Waals surface area contributed by atoms with Crippen LogP contribution in [0.3, 0.4) is 0 Å². The molecule has 0 bridgehead atoms. The molecule has 0 atom stereocenters. The number of carbonyl (C=O) groups is 2. The Hall–Kier alpha value is -3.67. The van der Waals surface area contributed by atoms with Crippen molar-refractivity contribution in [2.24, 2.45) is 0 Å². The Morgan fingerprint density at radius 2 is 1.70 bits per heavy atom. The van der Waals surface area contributed by atoms with Gasteiger partial charge in [-0.2, -0.15) is 0 Å². The number of nitrogens with one attached hydrogen (secondary N) is 2. The molecule has 136 valence electrons. The monoisotopic (exact) mass is 361 g/mol. The lowest BCUT2D eigenvalue weighted by molar-refractivity contribution is 0.0600. The number of methoxy groups -OCH3 is 1. The Morgan fingerprint density at radius 1 is 0.963 bits per heavy atom. The normalized spacial score (nSPS) is 10.1. The van der Waals surface area contributed by atoms with Crippen LogP contribution in [0.2, 0.25) is 0 Å². The van der Waals surface area contributed by atoms with Gasteiger partial charge in [0.05, 0.1) is 12.7 Å². The van der Waals surface area contributed by atoms with Crippen molar-refractivity contribution in [3.63, 3.8) is 0 Å². The number of amides is 1. The highest BCUT2D eigenvalue weighted by Gasteiger charge is 2.10. The summed E-state index contributed by atoms with van der Waals surface area (Å²) in [6.45, 7) is 2.00. The highest BCUT2D eigenvalue weighted by Crippen LogP contribution is 2.19. The minimum Gasteiger partial charge on any atom is -0.465 e. The first-order valence-corrected chi connectivity index (χ1v) is 8.35. The van der Waals surface area contributed by atoms with Gasteiger partial charge in [0.15, 0.2) is 0 Å². The Labute approximate surface area is 157 Å². The van der Waals surface area contributed by atoms with E-state index in [-0.39, 0.29) is 5.91 Å². The summed E-state index contributed by atoms with van der Waals surface area (Å²) in [5.41, 5.74) is 3.49. The largest absolute Gasteiger partial charge is 0.465 e. The molecule has 0 saturated carbocycles. The first-order valence-electron chi connectivity index (χ1n) is 8.35. The summed E-state index contributed by atoms with van der Waals surface area (Å²) in [5.74, 6) is -0.108. The average molecular weight is 361 g/mol. The van der Waals surface area contributed by atoms with Gasteiger partial charge in [-0.1, -0.05) is 18.2 Å². The smallest absolute Gasteiger partial charge is 0.337 e. The van der Waals surface area contributed by atoms with Gasteiger partial charge in [-0.3, -0.25) is 4.79 Å². The molecule has 2 aromatic carbocycles.